The molecule has 2 aliphatic rings. The van der Waals surface area contributed by atoms with Gasteiger partial charge in [0.2, 0.25) is 0 Å². The van der Waals surface area contributed by atoms with Gasteiger partial charge in [0.15, 0.2) is 15.0 Å². The van der Waals surface area contributed by atoms with E-state index in [-0.39, 0.29) is 35.1 Å². The molecule has 4 rings (SSSR count). The van der Waals surface area contributed by atoms with Gasteiger partial charge in [-0.05, 0) is 30.7 Å². The third-order valence-electron chi connectivity index (χ3n) is 4.89. The van der Waals surface area contributed by atoms with E-state index in [1.807, 2.05) is 31.2 Å². The number of sulfone groups is 1. The number of nitrogens with zero attached hydrogens (tertiary/aromatic N) is 2. The Balaban J connectivity index is 1.67. The van der Waals surface area contributed by atoms with E-state index in [0.717, 1.165) is 11.1 Å². The number of rotatable bonds is 3. The van der Waals surface area contributed by atoms with E-state index in [1.165, 1.54) is 11.8 Å². The van der Waals surface area contributed by atoms with E-state index >= 15 is 0 Å². The summed E-state index contributed by atoms with van der Waals surface area (Å²) in [6.07, 6.45) is 0.182. The minimum atomic E-state index is -3.14. The average Bonchev–Trinajstić information content (AvgIpc) is 3.06. The van der Waals surface area contributed by atoms with Crippen molar-refractivity contribution in [1.82, 2.24) is 0 Å². The molecule has 0 saturated carbocycles. The Kier molecular flexibility index (Phi) is 5.68. The van der Waals surface area contributed by atoms with Gasteiger partial charge in [-0.2, -0.15) is 4.99 Å². The van der Waals surface area contributed by atoms with Crippen LogP contribution in [0.5, 0.6) is 0 Å². The molecule has 0 aliphatic carbocycles. The second kappa shape index (κ2) is 7.95. The average molecular weight is 469 g/mol. The number of carbonyl (C=O) groups excluding carboxylic acids is 1. The van der Waals surface area contributed by atoms with Gasteiger partial charge in [0.05, 0.1) is 34.7 Å². The number of halogens is 2. The summed E-state index contributed by atoms with van der Waals surface area (Å²) in [5.41, 5.74) is 2.57. The first-order valence-corrected chi connectivity index (χ1v) is 12.5. The Hall–Kier alpha value is -1.54. The molecule has 2 aromatic rings. The second-order valence-electron chi connectivity index (χ2n) is 7.22. The summed E-state index contributed by atoms with van der Waals surface area (Å²) in [6.45, 7) is 1.97. The molecule has 9 heteroatoms. The van der Waals surface area contributed by atoms with E-state index in [2.05, 4.69) is 4.99 Å². The summed E-state index contributed by atoms with van der Waals surface area (Å²) < 4.78 is 24.3. The normalized spacial score (nSPS) is 24.1. The molecule has 2 aromatic carbocycles. The van der Waals surface area contributed by atoms with Crippen LogP contribution in [0.2, 0.25) is 10.0 Å². The summed E-state index contributed by atoms with van der Waals surface area (Å²) in [7, 11) is -3.14. The summed E-state index contributed by atoms with van der Waals surface area (Å²) in [4.78, 5) is 18.8. The van der Waals surface area contributed by atoms with E-state index in [1.54, 1.807) is 23.1 Å². The first-order valence-electron chi connectivity index (χ1n) is 9.00. The number of hydrogen-bond acceptors (Lipinski definition) is 4. The van der Waals surface area contributed by atoms with Gasteiger partial charge in [0.1, 0.15) is 0 Å². The highest BCUT2D eigenvalue weighted by atomic mass is 35.5. The van der Waals surface area contributed by atoms with Crippen molar-refractivity contribution in [2.45, 2.75) is 24.6 Å². The quantitative estimate of drug-likeness (QED) is 0.676. The summed E-state index contributed by atoms with van der Waals surface area (Å²) in [5.74, 6) is -0.208. The summed E-state index contributed by atoms with van der Waals surface area (Å²) >= 11 is 13.7. The number of thioether (sulfide) groups is 1. The van der Waals surface area contributed by atoms with Gasteiger partial charge in [-0.25, -0.2) is 8.42 Å². The zero-order valence-corrected chi connectivity index (χ0v) is 18.7. The zero-order chi connectivity index (χ0) is 20.8. The number of aliphatic imine (C=N–C) groups is 1. The molecule has 0 N–H and O–H groups in total. The molecule has 1 amide bonds. The van der Waals surface area contributed by atoms with Crippen molar-refractivity contribution in [1.29, 1.82) is 0 Å². The molecule has 2 atom stereocenters. The van der Waals surface area contributed by atoms with E-state index in [4.69, 9.17) is 23.2 Å². The standard InChI is InChI=1S/C20H18Cl2N2O3S2/c1-12-3-2-4-13(7-12)8-19(25)23-20-24(16-6-5-14(21)9-15(16)22)17-10-29(26,27)11-18(17)28-20/h2-7,9,17-18H,8,10-11H2,1H3/t17-,18-/m1/s1. The van der Waals surface area contributed by atoms with Crippen molar-refractivity contribution < 1.29 is 13.2 Å². The number of anilines is 1. The molecule has 152 valence electrons. The van der Waals surface area contributed by atoms with Crippen LogP contribution in [0.25, 0.3) is 0 Å². The minimum absolute atomic E-state index is 0.00864. The molecule has 0 bridgehead atoms. The fraction of sp³-hybridized carbons (Fsp3) is 0.300. The van der Waals surface area contributed by atoms with Gasteiger partial charge in [-0.3, -0.25) is 4.79 Å². The molecule has 0 unspecified atom stereocenters. The van der Waals surface area contributed by atoms with E-state index < -0.39 is 9.84 Å². The number of benzene rings is 2. The first-order chi connectivity index (χ1) is 13.7. The topological polar surface area (TPSA) is 66.8 Å². The monoisotopic (exact) mass is 468 g/mol. The van der Waals surface area contributed by atoms with Gasteiger partial charge < -0.3 is 4.90 Å². The van der Waals surface area contributed by atoms with Gasteiger partial charge in [0.25, 0.3) is 5.91 Å². The molecular weight excluding hydrogens is 451 g/mol. The Morgan fingerprint density at radius 3 is 2.72 bits per heavy atom. The Morgan fingerprint density at radius 2 is 2.00 bits per heavy atom. The fourth-order valence-corrected chi connectivity index (χ4v) is 8.09. The van der Waals surface area contributed by atoms with Crippen LogP contribution >= 0.6 is 35.0 Å². The SMILES string of the molecule is Cc1cccc(CC(=O)N=C2S[C@@H]3CS(=O)(=O)C[C@H]3N2c2ccc(Cl)cc2Cl)c1. The number of carbonyl (C=O) groups is 1. The predicted octanol–water partition coefficient (Wildman–Crippen LogP) is 4.15. The van der Waals surface area contributed by atoms with Crippen molar-refractivity contribution in [3.63, 3.8) is 0 Å². The number of hydrogen-bond donors (Lipinski definition) is 0. The Labute approximate surface area is 184 Å². The molecule has 29 heavy (non-hydrogen) atoms. The molecule has 0 radical (unpaired) electrons. The maximum Gasteiger partial charge on any atom is 0.252 e. The lowest BCUT2D eigenvalue weighted by atomic mass is 10.1. The molecule has 2 heterocycles. The van der Waals surface area contributed by atoms with Crippen LogP contribution in [0.15, 0.2) is 47.5 Å². The van der Waals surface area contributed by atoms with Crippen LogP contribution in [-0.2, 0) is 21.1 Å². The molecular formula is C20H18Cl2N2O3S2. The number of amides is 1. The molecule has 2 saturated heterocycles. The van der Waals surface area contributed by atoms with Crippen LogP contribution in [0, 0.1) is 6.92 Å². The smallest absolute Gasteiger partial charge is 0.252 e. The maximum atomic E-state index is 12.6. The highest BCUT2D eigenvalue weighted by Gasteiger charge is 2.49. The van der Waals surface area contributed by atoms with Gasteiger partial charge >= 0.3 is 0 Å². The second-order valence-corrected chi connectivity index (χ2v) is 11.4. The van der Waals surface area contributed by atoms with Crippen LogP contribution in [0.1, 0.15) is 11.1 Å². The molecule has 0 spiro atoms. The lowest BCUT2D eigenvalue weighted by molar-refractivity contribution is -0.117. The molecule has 0 aromatic heterocycles. The minimum Gasteiger partial charge on any atom is -0.314 e. The fourth-order valence-electron chi connectivity index (χ4n) is 3.67. The van der Waals surface area contributed by atoms with Crippen molar-refractivity contribution >= 4 is 61.6 Å². The van der Waals surface area contributed by atoms with Crippen molar-refractivity contribution in [2.75, 3.05) is 16.4 Å². The van der Waals surface area contributed by atoms with Crippen molar-refractivity contribution in [3.05, 3.63) is 63.6 Å². The van der Waals surface area contributed by atoms with Crippen molar-refractivity contribution in [2.24, 2.45) is 4.99 Å². The third-order valence-corrected chi connectivity index (χ3v) is 8.64. The molecule has 2 aliphatic heterocycles. The van der Waals surface area contributed by atoms with Gasteiger partial charge in [0, 0.05) is 10.3 Å². The lowest BCUT2D eigenvalue weighted by Crippen LogP contribution is -2.38. The van der Waals surface area contributed by atoms with Crippen LogP contribution < -0.4 is 4.90 Å². The lowest BCUT2D eigenvalue weighted by Gasteiger charge is -2.25. The van der Waals surface area contributed by atoms with Crippen LogP contribution in [0.4, 0.5) is 5.69 Å². The Morgan fingerprint density at radius 1 is 1.21 bits per heavy atom. The van der Waals surface area contributed by atoms with E-state index in [0.29, 0.717) is 20.9 Å². The first kappa shape index (κ1) is 20.7. The number of fused-ring (bicyclic) bond motifs is 1. The number of aryl methyl sites for hydroxylation is 1. The molecule has 2 fully saturated rings. The summed E-state index contributed by atoms with van der Waals surface area (Å²) in [5, 5.41) is 1.17. The van der Waals surface area contributed by atoms with Gasteiger partial charge in [-0.15, -0.1) is 0 Å². The highest BCUT2D eigenvalue weighted by molar-refractivity contribution is 8.16. The van der Waals surface area contributed by atoms with Gasteiger partial charge in [-0.1, -0.05) is 64.8 Å². The van der Waals surface area contributed by atoms with Crippen LogP contribution in [0.3, 0.4) is 0 Å². The zero-order valence-electron chi connectivity index (χ0n) is 15.5. The molecule has 5 nitrogen and oxygen atoms in total. The highest BCUT2D eigenvalue weighted by Crippen LogP contribution is 2.43. The van der Waals surface area contributed by atoms with E-state index in [9.17, 15) is 13.2 Å². The number of amidine groups is 1. The van der Waals surface area contributed by atoms with Crippen LogP contribution in [-0.4, -0.2) is 42.3 Å². The predicted molar refractivity (Wildman–Crippen MR) is 120 cm³/mol. The largest absolute Gasteiger partial charge is 0.314 e. The maximum absolute atomic E-state index is 12.6. The Bertz CT molecular complexity index is 1120. The third kappa shape index (κ3) is 4.48. The van der Waals surface area contributed by atoms with Crippen molar-refractivity contribution in [3.8, 4) is 0 Å². The summed E-state index contributed by atoms with van der Waals surface area (Å²) in [6, 6.07) is 12.4.